The Bertz CT molecular complexity index is 134. The maximum atomic E-state index is 13.4. The van der Waals surface area contributed by atoms with E-state index in [4.69, 9.17) is 0 Å². The fourth-order valence-electron chi connectivity index (χ4n) is 0.408. The van der Waals surface area contributed by atoms with Crippen molar-refractivity contribution in [3.8, 4) is 0 Å². The summed E-state index contributed by atoms with van der Waals surface area (Å²) in [5.41, 5.74) is 0. The number of hydrogen-bond donors (Lipinski definition) is 0. The molecule has 0 amide bonds. The molecule has 0 saturated heterocycles. The summed E-state index contributed by atoms with van der Waals surface area (Å²) in [6, 6.07) is 0. The van der Waals surface area contributed by atoms with Gasteiger partial charge in [0.15, 0.2) is 0 Å². The standard InChI is InChI=1S/C4H12F2O4Te/c1-7-11(5,6,8-2,9-3)10-4/h1-4H3. The maximum absolute atomic E-state index is 13.4. The van der Waals surface area contributed by atoms with E-state index in [0.717, 1.165) is 28.4 Å². The minimum absolute atomic E-state index is 0.780. The van der Waals surface area contributed by atoms with Gasteiger partial charge in [0.1, 0.15) is 0 Å². The fraction of sp³-hybridized carbons (Fsp3) is 1.00. The van der Waals surface area contributed by atoms with Crippen molar-refractivity contribution >= 4 is 18.2 Å². The number of halogens is 2. The van der Waals surface area contributed by atoms with Gasteiger partial charge in [-0.15, -0.1) is 0 Å². The normalized spacial score (nSPS) is 19.1. The zero-order chi connectivity index (χ0) is 9.24. The van der Waals surface area contributed by atoms with E-state index >= 15 is 0 Å². The van der Waals surface area contributed by atoms with Crippen LogP contribution in [0.2, 0.25) is 0 Å². The summed E-state index contributed by atoms with van der Waals surface area (Å²) in [4.78, 5) is 0. The molecule has 0 aromatic heterocycles. The van der Waals surface area contributed by atoms with Crippen molar-refractivity contribution in [3.63, 3.8) is 0 Å². The monoisotopic (exact) mass is 292 g/mol. The summed E-state index contributed by atoms with van der Waals surface area (Å²) in [6.07, 6.45) is 0. The van der Waals surface area contributed by atoms with Crippen molar-refractivity contribution in [1.82, 2.24) is 0 Å². The van der Waals surface area contributed by atoms with E-state index in [1.807, 2.05) is 0 Å². The van der Waals surface area contributed by atoms with Crippen LogP contribution in [0.25, 0.3) is 0 Å². The molecule has 0 aliphatic rings. The Morgan fingerprint density at radius 2 is 0.909 bits per heavy atom. The second-order valence-corrected chi connectivity index (χ2v) is 11.0. The Balaban J connectivity index is 5.04. The molecule has 11 heavy (non-hydrogen) atoms. The summed E-state index contributed by atoms with van der Waals surface area (Å²) in [6.45, 7) is 0. The topological polar surface area (TPSA) is 36.9 Å². The van der Waals surface area contributed by atoms with E-state index in [9.17, 15) is 5.78 Å². The van der Waals surface area contributed by atoms with Gasteiger partial charge in [-0.25, -0.2) is 0 Å². The van der Waals surface area contributed by atoms with Crippen LogP contribution in [0.1, 0.15) is 0 Å². The summed E-state index contributed by atoms with van der Waals surface area (Å²) >= 11 is -7.43. The van der Waals surface area contributed by atoms with Crippen molar-refractivity contribution < 1.29 is 18.2 Å². The first-order valence-corrected chi connectivity index (χ1v) is 8.18. The fourth-order valence-corrected chi connectivity index (χ4v) is 2.74. The van der Waals surface area contributed by atoms with Crippen LogP contribution in [0.4, 0.5) is 5.78 Å². The first-order valence-electron chi connectivity index (χ1n) is 2.61. The van der Waals surface area contributed by atoms with Gasteiger partial charge in [0.25, 0.3) is 0 Å². The second kappa shape index (κ2) is 2.49. The molecule has 0 saturated carbocycles. The molecule has 0 aliphatic heterocycles. The van der Waals surface area contributed by atoms with E-state index in [2.05, 4.69) is 12.4 Å². The van der Waals surface area contributed by atoms with Crippen LogP contribution in [-0.2, 0) is 12.4 Å². The van der Waals surface area contributed by atoms with E-state index in [1.54, 1.807) is 0 Å². The van der Waals surface area contributed by atoms with Crippen LogP contribution in [0.15, 0.2) is 0 Å². The molecule has 0 aromatic carbocycles. The molecule has 7 heteroatoms. The van der Waals surface area contributed by atoms with Gasteiger partial charge in [0, 0.05) is 0 Å². The Hall–Kier alpha value is 0.490. The molecule has 0 aliphatic carbocycles. The van der Waals surface area contributed by atoms with Crippen LogP contribution in [0, 0.1) is 0 Å². The summed E-state index contributed by atoms with van der Waals surface area (Å²) in [5, 5.41) is 0. The Labute approximate surface area is 65.2 Å². The molecule has 0 heterocycles. The van der Waals surface area contributed by atoms with E-state index in [-0.39, 0.29) is 0 Å². The molecule has 0 unspecified atom stereocenters. The molecule has 0 atom stereocenters. The molecular formula is C4H12F2O4Te. The van der Waals surface area contributed by atoms with Crippen LogP contribution < -0.4 is 0 Å². The van der Waals surface area contributed by atoms with Crippen molar-refractivity contribution in [2.75, 3.05) is 28.4 Å². The second-order valence-electron chi connectivity index (χ2n) is 1.64. The van der Waals surface area contributed by atoms with Gasteiger partial charge in [-0.3, -0.25) is 0 Å². The third-order valence-electron chi connectivity index (χ3n) is 1.32. The zero-order valence-corrected chi connectivity index (χ0v) is 9.13. The van der Waals surface area contributed by atoms with Gasteiger partial charge < -0.3 is 0 Å². The van der Waals surface area contributed by atoms with Gasteiger partial charge in [-0.05, 0) is 0 Å². The van der Waals surface area contributed by atoms with E-state index in [0.29, 0.717) is 0 Å². The molecule has 0 spiro atoms. The average molecular weight is 290 g/mol. The predicted octanol–water partition coefficient (Wildman–Crippen LogP) is 0.848. The molecular weight excluding hydrogens is 278 g/mol. The first kappa shape index (κ1) is 11.5. The van der Waals surface area contributed by atoms with E-state index < -0.39 is 18.2 Å². The predicted molar refractivity (Wildman–Crippen MR) is 36.0 cm³/mol. The summed E-state index contributed by atoms with van der Waals surface area (Å²) in [5.74, 6) is 0. The van der Waals surface area contributed by atoms with Crippen molar-refractivity contribution in [2.45, 2.75) is 0 Å². The third kappa shape index (κ3) is 1.80. The van der Waals surface area contributed by atoms with Gasteiger partial charge in [-0.1, -0.05) is 0 Å². The van der Waals surface area contributed by atoms with Crippen LogP contribution in [-0.4, -0.2) is 46.7 Å². The zero-order valence-electron chi connectivity index (χ0n) is 6.80. The molecule has 0 rings (SSSR count). The molecule has 0 radical (unpaired) electrons. The van der Waals surface area contributed by atoms with Gasteiger partial charge in [0.05, 0.1) is 0 Å². The van der Waals surface area contributed by atoms with Crippen molar-refractivity contribution in [1.29, 1.82) is 0 Å². The SMILES string of the molecule is CO[Te](F)(F)(OC)(OC)OC. The summed E-state index contributed by atoms with van der Waals surface area (Å²) < 4.78 is 42.6. The Morgan fingerprint density at radius 3 is 0.909 bits per heavy atom. The molecule has 72 valence electrons. The molecule has 4 nitrogen and oxygen atoms in total. The van der Waals surface area contributed by atoms with Crippen LogP contribution in [0.3, 0.4) is 0 Å². The van der Waals surface area contributed by atoms with Crippen LogP contribution in [0.5, 0.6) is 0 Å². The molecule has 0 bridgehead atoms. The molecule has 0 aromatic rings. The van der Waals surface area contributed by atoms with Crippen molar-refractivity contribution in [3.05, 3.63) is 0 Å². The van der Waals surface area contributed by atoms with Crippen LogP contribution >= 0.6 is 0 Å². The minimum atomic E-state index is -7.43. The average Bonchev–Trinajstić information content (AvgIpc) is 2.07. The summed E-state index contributed by atoms with van der Waals surface area (Å²) in [7, 11) is 3.12. The molecule has 0 fully saturated rings. The van der Waals surface area contributed by atoms with Gasteiger partial charge >= 0.3 is 64.8 Å². The van der Waals surface area contributed by atoms with Crippen molar-refractivity contribution in [2.24, 2.45) is 0 Å². The van der Waals surface area contributed by atoms with Gasteiger partial charge in [-0.2, -0.15) is 0 Å². The third-order valence-corrected chi connectivity index (χ3v) is 8.86. The number of hydrogen-bond acceptors (Lipinski definition) is 4. The molecule has 0 N–H and O–H groups in total. The van der Waals surface area contributed by atoms with E-state index in [1.165, 1.54) is 0 Å². The Morgan fingerprint density at radius 1 is 0.727 bits per heavy atom. The number of rotatable bonds is 4. The quantitative estimate of drug-likeness (QED) is 0.719. The van der Waals surface area contributed by atoms with Gasteiger partial charge in [0.2, 0.25) is 0 Å². The Kier molecular flexibility index (Phi) is 2.60. The first-order chi connectivity index (χ1) is 4.80.